The molecule has 3 heterocycles. The van der Waals surface area contributed by atoms with Gasteiger partial charge in [-0.3, -0.25) is 9.59 Å². The molecule has 4 rings (SSSR count). The van der Waals surface area contributed by atoms with E-state index >= 15 is 0 Å². The quantitative estimate of drug-likeness (QED) is 0.0862. The van der Waals surface area contributed by atoms with Gasteiger partial charge in [-0.1, -0.05) is 23.9 Å². The minimum absolute atomic E-state index is 0.0684. The van der Waals surface area contributed by atoms with Crippen molar-refractivity contribution in [2.75, 3.05) is 26.5 Å². The van der Waals surface area contributed by atoms with Crippen LogP contribution in [-0.2, 0) is 23.1 Å². The number of alkyl halides is 2. The predicted molar refractivity (Wildman–Crippen MR) is 161 cm³/mol. The number of amidine groups is 1. The number of thioether (sulfide) groups is 1. The molecular formula is C29H36BrF2N5O3S. The average molecular weight is 653 g/mol. The number of carbonyl (C=O) groups is 2. The summed E-state index contributed by atoms with van der Waals surface area (Å²) in [6.45, 7) is 0.895. The van der Waals surface area contributed by atoms with E-state index in [1.807, 2.05) is 28.8 Å². The number of rotatable bonds is 11. The molecule has 0 aromatic carbocycles. The van der Waals surface area contributed by atoms with Crippen LogP contribution in [-0.4, -0.2) is 69.7 Å². The molecule has 1 N–H and O–H groups in total. The summed E-state index contributed by atoms with van der Waals surface area (Å²) in [5.74, 6) is 3.69. The lowest BCUT2D eigenvalue weighted by atomic mass is 9.82. The van der Waals surface area contributed by atoms with E-state index in [0.29, 0.717) is 37.3 Å². The lowest BCUT2D eigenvalue weighted by molar-refractivity contribution is -0.108. The van der Waals surface area contributed by atoms with Crippen molar-refractivity contribution in [1.29, 1.82) is 0 Å². The molecule has 12 heteroatoms. The lowest BCUT2D eigenvalue weighted by Gasteiger charge is -2.31. The van der Waals surface area contributed by atoms with Gasteiger partial charge in [-0.2, -0.15) is 0 Å². The van der Waals surface area contributed by atoms with E-state index in [1.165, 1.54) is 18.9 Å². The van der Waals surface area contributed by atoms with Gasteiger partial charge in [0.25, 0.3) is 11.8 Å². The molecule has 0 bridgehead atoms. The number of pyridine rings is 1. The number of hydrogen-bond donors (Lipinski definition) is 1. The topological polar surface area (TPSA) is 88.8 Å². The molecule has 222 valence electrons. The zero-order chi connectivity index (χ0) is 29.6. The van der Waals surface area contributed by atoms with Crippen LogP contribution < -0.4 is 5.32 Å². The third kappa shape index (κ3) is 7.05. The molecule has 1 saturated heterocycles. The summed E-state index contributed by atoms with van der Waals surface area (Å²) in [6, 6.07) is 1.94. The Bertz CT molecular complexity index is 1360. The monoisotopic (exact) mass is 651 g/mol. The molecule has 0 spiro atoms. The summed E-state index contributed by atoms with van der Waals surface area (Å²) in [5, 5.41) is 7.51. The molecule has 2 aromatic rings. The first-order valence-electron chi connectivity index (χ1n) is 13.8. The number of fused-ring (bicyclic) bond motifs is 1. The van der Waals surface area contributed by atoms with Crippen molar-refractivity contribution in [3.63, 3.8) is 0 Å². The van der Waals surface area contributed by atoms with Gasteiger partial charge in [-0.25, -0.2) is 13.8 Å². The number of aryl methyl sites for hydroxylation is 1. The summed E-state index contributed by atoms with van der Waals surface area (Å²) < 4.78 is 28.1. The van der Waals surface area contributed by atoms with E-state index in [2.05, 4.69) is 43.2 Å². The molecule has 2 fully saturated rings. The van der Waals surface area contributed by atoms with Gasteiger partial charge >= 0.3 is 0 Å². The highest BCUT2D eigenvalue weighted by molar-refractivity contribution is 9.10. The van der Waals surface area contributed by atoms with Crippen molar-refractivity contribution < 1.29 is 23.2 Å². The molecule has 2 aromatic heterocycles. The Balaban J connectivity index is 1.45. The van der Waals surface area contributed by atoms with Gasteiger partial charge in [-0.05, 0) is 53.9 Å². The summed E-state index contributed by atoms with van der Waals surface area (Å²) >= 11 is 5.05. The largest absolute Gasteiger partial charge is 0.398 e. The minimum Gasteiger partial charge on any atom is -0.398 e. The van der Waals surface area contributed by atoms with Crippen LogP contribution in [0.25, 0.3) is 11.0 Å². The van der Waals surface area contributed by atoms with Gasteiger partial charge in [0, 0.05) is 67.1 Å². The Labute approximate surface area is 252 Å². The van der Waals surface area contributed by atoms with E-state index in [9.17, 15) is 18.4 Å². The molecule has 2 amide bonds. The number of carbonyl (C=O) groups excluding carboxylic acids is 2. The van der Waals surface area contributed by atoms with Gasteiger partial charge in [0.1, 0.15) is 12.8 Å². The summed E-state index contributed by atoms with van der Waals surface area (Å²) in [6.07, 6.45) is 9.89. The number of amides is 2. The standard InChI is InChI=1S/C29H36BrF2N5O3S/c1-36-23(11-9-7-5-4-6-8-10-20-15-29(31,32)16-20)24(22-14-21(30)17-33-25(22)36)26(39)37-13-12-28(18-37,41-3)27(34-19-38)35-40-2/h14,17,19-20H,4-7,9,11-13,15-16,18H2,1-3H3,(H,34,35,38)/t28-/m1/s1. The highest BCUT2D eigenvalue weighted by Crippen LogP contribution is 2.42. The van der Waals surface area contributed by atoms with Crippen molar-refractivity contribution in [2.24, 2.45) is 18.1 Å². The van der Waals surface area contributed by atoms with E-state index in [4.69, 9.17) is 4.84 Å². The molecule has 41 heavy (non-hydrogen) atoms. The number of oxime groups is 1. The van der Waals surface area contributed by atoms with Crippen molar-refractivity contribution >= 4 is 56.9 Å². The SMILES string of the molecule is CO/N=C(\NC=O)[C@@]1(SC)CCN(C(=O)c2c(CCCCCCC#CC3CC(F)(F)C3)n(C)c3ncc(Br)cc23)C1. The second-order valence-electron chi connectivity index (χ2n) is 10.7. The van der Waals surface area contributed by atoms with E-state index in [-0.39, 0.29) is 24.7 Å². The molecule has 8 nitrogen and oxygen atoms in total. The smallest absolute Gasteiger partial charge is 0.256 e. The molecule has 2 aliphatic rings. The fourth-order valence-electron chi connectivity index (χ4n) is 5.66. The van der Waals surface area contributed by atoms with Crippen molar-refractivity contribution in [3.8, 4) is 11.8 Å². The average Bonchev–Trinajstić information content (AvgIpc) is 3.48. The molecule has 0 radical (unpaired) electrons. The van der Waals surface area contributed by atoms with Crippen LogP contribution >= 0.6 is 27.7 Å². The Hall–Kier alpha value is -2.65. The molecule has 1 aliphatic carbocycles. The fourth-order valence-corrected chi connectivity index (χ4v) is 6.86. The maximum absolute atomic E-state index is 14.1. The summed E-state index contributed by atoms with van der Waals surface area (Å²) in [7, 11) is 3.38. The maximum atomic E-state index is 14.1. The number of halogens is 3. The highest BCUT2D eigenvalue weighted by atomic mass is 79.9. The maximum Gasteiger partial charge on any atom is 0.256 e. The summed E-state index contributed by atoms with van der Waals surface area (Å²) in [5.41, 5.74) is 2.35. The summed E-state index contributed by atoms with van der Waals surface area (Å²) in [4.78, 5) is 36.8. The van der Waals surface area contributed by atoms with Crippen LogP contribution in [0.1, 0.15) is 67.4 Å². The minimum atomic E-state index is -2.52. The van der Waals surface area contributed by atoms with E-state index in [0.717, 1.165) is 59.7 Å². The van der Waals surface area contributed by atoms with Crippen LogP contribution in [0, 0.1) is 17.8 Å². The van der Waals surface area contributed by atoms with E-state index < -0.39 is 10.7 Å². The molecule has 1 saturated carbocycles. The highest BCUT2D eigenvalue weighted by Gasteiger charge is 2.46. The second-order valence-corrected chi connectivity index (χ2v) is 12.8. The van der Waals surface area contributed by atoms with E-state index in [1.54, 1.807) is 6.20 Å². The number of likely N-dealkylation sites (tertiary alicyclic amines) is 1. The molecule has 0 unspecified atom stereocenters. The number of unbranched alkanes of at least 4 members (excludes halogenated alkanes) is 4. The van der Waals surface area contributed by atoms with Crippen LogP contribution in [0.4, 0.5) is 8.78 Å². The van der Waals surface area contributed by atoms with Gasteiger partial charge in [0.05, 0.1) is 10.3 Å². The first-order valence-corrected chi connectivity index (χ1v) is 15.8. The van der Waals surface area contributed by atoms with Gasteiger partial charge in [0.2, 0.25) is 6.41 Å². The second kappa shape index (κ2) is 13.6. The fraction of sp³-hybridized carbons (Fsp3) is 0.586. The third-order valence-electron chi connectivity index (χ3n) is 7.91. The van der Waals surface area contributed by atoms with Crippen LogP contribution in [0.5, 0.6) is 0 Å². The Morgan fingerprint density at radius 1 is 1.34 bits per heavy atom. The Morgan fingerprint density at radius 3 is 2.78 bits per heavy atom. The van der Waals surface area contributed by atoms with Crippen molar-refractivity contribution in [2.45, 2.75) is 68.5 Å². The molecule has 1 aliphatic heterocycles. The zero-order valence-corrected chi connectivity index (χ0v) is 26.0. The normalized spacial score (nSPS) is 20.4. The number of nitrogens with one attached hydrogen (secondary N) is 1. The number of nitrogens with zero attached hydrogens (tertiary/aromatic N) is 4. The third-order valence-corrected chi connectivity index (χ3v) is 9.65. The molecule has 1 atom stereocenters. The van der Waals surface area contributed by atoms with Gasteiger partial charge in [0.15, 0.2) is 5.84 Å². The first kappa shape index (κ1) is 31.3. The van der Waals surface area contributed by atoms with Crippen molar-refractivity contribution in [1.82, 2.24) is 19.8 Å². The van der Waals surface area contributed by atoms with Crippen LogP contribution in [0.2, 0.25) is 0 Å². The lowest BCUT2D eigenvalue weighted by Crippen LogP contribution is -2.46. The number of aromatic nitrogens is 2. The Morgan fingerprint density at radius 2 is 2.10 bits per heavy atom. The first-order chi connectivity index (χ1) is 19.6. The van der Waals surface area contributed by atoms with Gasteiger partial charge in [-0.15, -0.1) is 17.7 Å². The molecular weight excluding hydrogens is 616 g/mol. The Kier molecular flexibility index (Phi) is 10.3. The predicted octanol–water partition coefficient (Wildman–Crippen LogP) is 5.53. The van der Waals surface area contributed by atoms with Crippen LogP contribution in [0.15, 0.2) is 21.9 Å². The van der Waals surface area contributed by atoms with Crippen molar-refractivity contribution in [3.05, 3.63) is 28.0 Å². The zero-order valence-electron chi connectivity index (χ0n) is 23.6. The number of hydrogen-bond acceptors (Lipinski definition) is 6. The van der Waals surface area contributed by atoms with Gasteiger partial charge < -0.3 is 19.6 Å². The van der Waals surface area contributed by atoms with Crippen LogP contribution in [0.3, 0.4) is 0 Å².